The Labute approximate surface area is 185 Å². The molecule has 1 aromatic carbocycles. The van der Waals surface area contributed by atoms with Crippen LogP contribution in [0.25, 0.3) is 10.4 Å². The molecule has 0 amide bonds. The lowest BCUT2D eigenvalue weighted by Crippen LogP contribution is -2.26. The van der Waals surface area contributed by atoms with Crippen LogP contribution in [0.15, 0.2) is 51.7 Å². The highest BCUT2D eigenvalue weighted by Crippen LogP contribution is 2.31. The zero-order chi connectivity index (χ0) is 22.8. The normalized spacial score (nSPS) is 12.9. The minimum Gasteiger partial charge on any atom is -0.303 e. The highest BCUT2D eigenvalue weighted by Gasteiger charge is 2.36. The Kier molecular flexibility index (Phi) is 6.77. The van der Waals surface area contributed by atoms with Crippen molar-refractivity contribution in [1.82, 2.24) is 4.98 Å². The molecule has 0 aliphatic rings. The summed E-state index contributed by atoms with van der Waals surface area (Å²) in [5.41, 5.74) is -0.159. The average Bonchev–Trinajstić information content (AvgIpc) is 3.33. The van der Waals surface area contributed by atoms with Crippen molar-refractivity contribution >= 4 is 43.9 Å². The predicted molar refractivity (Wildman–Crippen MR) is 118 cm³/mol. The van der Waals surface area contributed by atoms with Gasteiger partial charge in [-0.05, 0) is 36.8 Å². The molecule has 31 heavy (non-hydrogen) atoms. The van der Waals surface area contributed by atoms with Crippen LogP contribution in [0.1, 0.15) is 22.0 Å². The summed E-state index contributed by atoms with van der Waals surface area (Å²) < 4.78 is 63.8. The molecule has 3 rings (SSSR count). The Morgan fingerprint density at radius 1 is 1.23 bits per heavy atom. The summed E-state index contributed by atoms with van der Waals surface area (Å²) in [7, 11) is -3.39. The lowest BCUT2D eigenvalue weighted by atomic mass is 10.1. The number of hydrogen-bond acceptors (Lipinski definition) is 7. The minimum absolute atomic E-state index is 0.152. The fourth-order valence-electron chi connectivity index (χ4n) is 2.69. The van der Waals surface area contributed by atoms with Crippen LogP contribution >= 0.6 is 22.7 Å². The van der Waals surface area contributed by atoms with Gasteiger partial charge in [-0.3, -0.25) is 4.99 Å². The van der Waals surface area contributed by atoms with Gasteiger partial charge < -0.3 is 5.41 Å². The summed E-state index contributed by atoms with van der Waals surface area (Å²) in [5, 5.41) is 10.6. The number of nitrogens with one attached hydrogen (secondary N) is 1. The van der Waals surface area contributed by atoms with E-state index in [1.807, 2.05) is 0 Å². The molecule has 164 valence electrons. The molecule has 2 heterocycles. The van der Waals surface area contributed by atoms with E-state index in [4.69, 9.17) is 5.41 Å². The van der Waals surface area contributed by atoms with Crippen molar-refractivity contribution in [3.05, 3.63) is 57.4 Å². The van der Waals surface area contributed by atoms with Crippen molar-refractivity contribution < 1.29 is 21.6 Å². The zero-order valence-corrected chi connectivity index (χ0v) is 19.0. The van der Waals surface area contributed by atoms with Crippen LogP contribution in [0, 0.1) is 12.3 Å². The molecule has 0 saturated carbocycles. The number of aryl methyl sites for hydroxylation is 1. The third-order valence-corrected chi connectivity index (χ3v) is 7.35. The highest BCUT2D eigenvalue weighted by atomic mass is 32.2. The molecule has 0 aliphatic carbocycles. The zero-order valence-electron chi connectivity index (χ0n) is 16.5. The van der Waals surface area contributed by atoms with Gasteiger partial charge in [-0.25, -0.2) is 13.4 Å². The van der Waals surface area contributed by atoms with E-state index in [2.05, 4.69) is 9.98 Å². The molecule has 3 aromatic rings. The van der Waals surface area contributed by atoms with E-state index in [0.29, 0.717) is 21.0 Å². The number of hydrogen-bond donors (Lipinski definition) is 1. The van der Waals surface area contributed by atoms with Crippen molar-refractivity contribution in [2.75, 3.05) is 6.26 Å². The number of alkyl halides is 3. The second-order valence-corrected chi connectivity index (χ2v) is 10.9. The van der Waals surface area contributed by atoms with E-state index >= 15 is 0 Å². The van der Waals surface area contributed by atoms with Gasteiger partial charge in [0.15, 0.2) is 9.84 Å². The molecule has 0 unspecified atom stereocenters. The lowest BCUT2D eigenvalue weighted by molar-refractivity contribution is -0.0600. The first-order valence-electron chi connectivity index (χ1n) is 8.93. The number of thiazole rings is 1. The number of aromatic nitrogens is 1. The molecule has 0 spiro atoms. The lowest BCUT2D eigenvalue weighted by Gasteiger charge is -2.10. The second kappa shape index (κ2) is 9.01. The van der Waals surface area contributed by atoms with Gasteiger partial charge in [-0.1, -0.05) is 12.1 Å². The molecule has 0 atom stereocenters. The smallest absolute Gasteiger partial charge is 0.303 e. The fraction of sp³-hybridized carbons (Fsp3) is 0.250. The number of aliphatic imine (C=N–C) groups is 1. The van der Waals surface area contributed by atoms with Crippen LogP contribution in [-0.4, -0.2) is 37.3 Å². The first kappa shape index (κ1) is 23.3. The number of rotatable bonds is 7. The fourth-order valence-corrected chi connectivity index (χ4v) is 4.91. The van der Waals surface area contributed by atoms with Crippen LogP contribution < -0.4 is 0 Å². The van der Waals surface area contributed by atoms with Crippen molar-refractivity contribution in [1.29, 1.82) is 5.41 Å². The second-order valence-electron chi connectivity index (χ2n) is 6.74. The maximum atomic E-state index is 13.4. The Morgan fingerprint density at radius 2 is 1.97 bits per heavy atom. The Balaban J connectivity index is 1.80. The first-order valence-corrected chi connectivity index (χ1v) is 12.5. The molecule has 0 radical (unpaired) electrons. The van der Waals surface area contributed by atoms with Crippen molar-refractivity contribution in [3.63, 3.8) is 0 Å². The van der Waals surface area contributed by atoms with Gasteiger partial charge >= 0.3 is 6.18 Å². The standard InChI is InChI=1S/C20H18F3N3O2S3/c1-12-26-14(11-29-12)10-25-19(20(21,22)23)9-16(24)18-7-6-17(30-18)13-4-3-5-15(8-13)31(2,27)28/h3-8,11,24H,9-10H2,1-2H3. The number of nitrogens with zero attached hydrogens (tertiary/aromatic N) is 2. The van der Waals surface area contributed by atoms with Crippen LogP contribution in [-0.2, 0) is 16.4 Å². The molecular weight excluding hydrogens is 467 g/mol. The van der Waals surface area contributed by atoms with Crippen molar-refractivity contribution in [3.8, 4) is 10.4 Å². The number of benzene rings is 1. The number of thiophene rings is 1. The van der Waals surface area contributed by atoms with Crippen LogP contribution in [0.5, 0.6) is 0 Å². The maximum Gasteiger partial charge on any atom is 0.429 e. The van der Waals surface area contributed by atoms with E-state index in [-0.39, 0.29) is 17.2 Å². The third kappa shape index (κ3) is 6.08. The van der Waals surface area contributed by atoms with Crippen molar-refractivity contribution in [2.24, 2.45) is 4.99 Å². The van der Waals surface area contributed by atoms with Gasteiger partial charge in [0.25, 0.3) is 0 Å². The monoisotopic (exact) mass is 485 g/mol. The molecule has 0 bridgehead atoms. The summed E-state index contributed by atoms with van der Waals surface area (Å²) in [6.07, 6.45) is -4.20. The quantitative estimate of drug-likeness (QED) is 0.446. The molecule has 1 N–H and O–H groups in total. The Bertz CT molecular complexity index is 1240. The Morgan fingerprint density at radius 3 is 2.58 bits per heavy atom. The number of sulfone groups is 1. The largest absolute Gasteiger partial charge is 0.429 e. The third-order valence-electron chi connectivity index (χ3n) is 4.22. The van der Waals surface area contributed by atoms with Gasteiger partial charge in [0.2, 0.25) is 0 Å². The van der Waals surface area contributed by atoms with Crippen molar-refractivity contribution in [2.45, 2.75) is 31.0 Å². The van der Waals surface area contributed by atoms with E-state index in [1.165, 1.54) is 23.5 Å². The number of halogens is 3. The van der Waals surface area contributed by atoms with Gasteiger partial charge in [0, 0.05) is 27.8 Å². The highest BCUT2D eigenvalue weighted by molar-refractivity contribution is 7.90. The summed E-state index contributed by atoms with van der Waals surface area (Å²) in [5.74, 6) is 0. The SMILES string of the molecule is Cc1nc(CN=C(CC(=N)c2ccc(-c3cccc(S(C)(=O)=O)c3)s2)C(F)(F)F)cs1. The van der Waals surface area contributed by atoms with E-state index in [1.54, 1.807) is 36.6 Å². The average molecular weight is 486 g/mol. The molecule has 2 aromatic heterocycles. The molecule has 5 nitrogen and oxygen atoms in total. The van der Waals surface area contributed by atoms with E-state index in [0.717, 1.165) is 22.6 Å². The molecule has 11 heteroatoms. The van der Waals surface area contributed by atoms with Gasteiger partial charge in [-0.2, -0.15) is 13.2 Å². The van der Waals surface area contributed by atoms with Gasteiger partial charge in [0.05, 0.1) is 27.9 Å². The minimum atomic E-state index is -4.65. The Hall–Kier alpha value is -2.37. The maximum absolute atomic E-state index is 13.4. The summed E-state index contributed by atoms with van der Waals surface area (Å²) in [6.45, 7) is 1.57. The topological polar surface area (TPSA) is 83.2 Å². The van der Waals surface area contributed by atoms with E-state index in [9.17, 15) is 21.6 Å². The summed E-state index contributed by atoms with van der Waals surface area (Å²) in [4.78, 5) is 8.97. The van der Waals surface area contributed by atoms with E-state index < -0.39 is 28.1 Å². The summed E-state index contributed by atoms with van der Waals surface area (Å²) in [6, 6.07) is 9.53. The van der Waals surface area contributed by atoms with Gasteiger partial charge in [0.1, 0.15) is 5.71 Å². The van der Waals surface area contributed by atoms with Crippen LogP contribution in [0.4, 0.5) is 13.2 Å². The molecule has 0 aliphatic heterocycles. The van der Waals surface area contributed by atoms with Crippen LogP contribution in [0.2, 0.25) is 0 Å². The molecule has 0 fully saturated rings. The first-order chi connectivity index (χ1) is 14.4. The summed E-state index contributed by atoms with van der Waals surface area (Å²) >= 11 is 2.47. The van der Waals surface area contributed by atoms with Gasteiger partial charge in [-0.15, -0.1) is 22.7 Å². The predicted octanol–water partition coefficient (Wildman–Crippen LogP) is 5.54. The van der Waals surface area contributed by atoms with Crippen LogP contribution in [0.3, 0.4) is 0 Å². The molecular formula is C20H18F3N3O2S3. The molecule has 0 saturated heterocycles.